The molecule has 5 heteroatoms. The number of halogens is 1. The van der Waals surface area contributed by atoms with Crippen molar-refractivity contribution in [3.8, 4) is 11.5 Å². The molecular formula is C21H24ClNO3. The van der Waals surface area contributed by atoms with E-state index in [1.165, 1.54) is 0 Å². The van der Waals surface area contributed by atoms with E-state index in [1.54, 1.807) is 31.2 Å². The fraction of sp³-hybridized carbons (Fsp3) is 0.381. The van der Waals surface area contributed by atoms with E-state index >= 15 is 0 Å². The SMILES string of the molecule is Cc1ccc2c(c1)OC(C)(C)C[C@@H]2NC(=O)[C@H](C)Oc1cccc(Cl)c1. The Morgan fingerprint density at radius 3 is 2.81 bits per heavy atom. The van der Waals surface area contributed by atoms with E-state index in [-0.39, 0.29) is 17.6 Å². The molecule has 0 saturated carbocycles. The minimum atomic E-state index is -0.631. The fourth-order valence-corrected chi connectivity index (χ4v) is 3.35. The summed E-state index contributed by atoms with van der Waals surface area (Å²) in [6, 6.07) is 13.0. The van der Waals surface area contributed by atoms with Crippen LogP contribution in [0.3, 0.4) is 0 Å². The lowest BCUT2D eigenvalue weighted by Gasteiger charge is -2.38. The summed E-state index contributed by atoms with van der Waals surface area (Å²) in [5.41, 5.74) is 1.78. The lowest BCUT2D eigenvalue weighted by molar-refractivity contribution is -0.128. The van der Waals surface area contributed by atoms with Crippen LogP contribution in [0.5, 0.6) is 11.5 Å². The standard InChI is InChI=1S/C21H24ClNO3/c1-13-8-9-17-18(12-21(3,4)26-19(17)10-13)23-20(24)14(2)25-16-7-5-6-15(22)11-16/h5-11,14,18H,12H2,1-4H3,(H,23,24)/t14-,18-/m0/s1. The molecule has 4 nitrogen and oxygen atoms in total. The molecule has 3 rings (SSSR count). The fourth-order valence-electron chi connectivity index (χ4n) is 3.17. The van der Waals surface area contributed by atoms with Gasteiger partial charge in [-0.05, 0) is 57.5 Å². The van der Waals surface area contributed by atoms with Gasteiger partial charge in [-0.2, -0.15) is 0 Å². The van der Waals surface area contributed by atoms with Crippen LogP contribution in [0.4, 0.5) is 0 Å². The Morgan fingerprint density at radius 2 is 2.08 bits per heavy atom. The van der Waals surface area contributed by atoms with E-state index in [2.05, 4.69) is 5.32 Å². The highest BCUT2D eigenvalue weighted by atomic mass is 35.5. The minimum Gasteiger partial charge on any atom is -0.487 e. The van der Waals surface area contributed by atoms with Crippen molar-refractivity contribution in [1.82, 2.24) is 5.32 Å². The molecule has 1 amide bonds. The Hall–Kier alpha value is -2.20. The Balaban J connectivity index is 1.74. The van der Waals surface area contributed by atoms with Crippen LogP contribution in [-0.4, -0.2) is 17.6 Å². The maximum absolute atomic E-state index is 12.7. The average molecular weight is 374 g/mol. The van der Waals surface area contributed by atoms with Crippen LogP contribution >= 0.6 is 11.6 Å². The molecule has 26 heavy (non-hydrogen) atoms. The van der Waals surface area contributed by atoms with Crippen molar-refractivity contribution < 1.29 is 14.3 Å². The summed E-state index contributed by atoms with van der Waals surface area (Å²) in [6.07, 6.45) is 0.0620. The first-order chi connectivity index (χ1) is 12.2. The number of benzene rings is 2. The topological polar surface area (TPSA) is 47.6 Å². The number of rotatable bonds is 4. The molecule has 1 aliphatic heterocycles. The lowest BCUT2D eigenvalue weighted by Crippen LogP contribution is -2.44. The first-order valence-electron chi connectivity index (χ1n) is 8.76. The average Bonchev–Trinajstić information content (AvgIpc) is 2.53. The number of carbonyl (C=O) groups excluding carboxylic acids is 1. The molecule has 2 aromatic rings. The van der Waals surface area contributed by atoms with Gasteiger partial charge in [0.15, 0.2) is 6.10 Å². The lowest BCUT2D eigenvalue weighted by atomic mass is 9.89. The van der Waals surface area contributed by atoms with Crippen molar-refractivity contribution >= 4 is 17.5 Å². The van der Waals surface area contributed by atoms with Crippen molar-refractivity contribution in [1.29, 1.82) is 0 Å². The summed E-state index contributed by atoms with van der Waals surface area (Å²) in [6.45, 7) is 7.82. The van der Waals surface area contributed by atoms with E-state index in [0.29, 0.717) is 17.2 Å². The van der Waals surface area contributed by atoms with E-state index < -0.39 is 6.10 Å². The van der Waals surface area contributed by atoms with Gasteiger partial charge in [0.1, 0.15) is 17.1 Å². The number of hydrogen-bond acceptors (Lipinski definition) is 3. The predicted molar refractivity (Wildman–Crippen MR) is 103 cm³/mol. The molecule has 0 spiro atoms. The smallest absolute Gasteiger partial charge is 0.261 e. The van der Waals surface area contributed by atoms with Crippen LogP contribution in [-0.2, 0) is 4.79 Å². The van der Waals surface area contributed by atoms with Crippen LogP contribution in [0, 0.1) is 6.92 Å². The Kier molecular flexibility index (Phi) is 5.15. The molecule has 0 saturated heterocycles. The Labute approximate surface area is 159 Å². The van der Waals surface area contributed by atoms with E-state index in [0.717, 1.165) is 16.9 Å². The van der Waals surface area contributed by atoms with Crippen molar-refractivity contribution in [2.75, 3.05) is 0 Å². The maximum Gasteiger partial charge on any atom is 0.261 e. The number of amides is 1. The van der Waals surface area contributed by atoms with Gasteiger partial charge in [-0.1, -0.05) is 29.8 Å². The number of hydrogen-bond donors (Lipinski definition) is 1. The highest BCUT2D eigenvalue weighted by Gasteiger charge is 2.35. The second kappa shape index (κ2) is 7.20. The summed E-state index contributed by atoms with van der Waals surface area (Å²) in [7, 11) is 0. The zero-order valence-corrected chi connectivity index (χ0v) is 16.3. The van der Waals surface area contributed by atoms with Gasteiger partial charge in [0.2, 0.25) is 0 Å². The molecule has 2 atom stereocenters. The van der Waals surface area contributed by atoms with E-state index in [4.69, 9.17) is 21.1 Å². The van der Waals surface area contributed by atoms with Crippen LogP contribution in [0.25, 0.3) is 0 Å². The number of fused-ring (bicyclic) bond motifs is 1. The van der Waals surface area contributed by atoms with Gasteiger partial charge in [-0.25, -0.2) is 0 Å². The summed E-state index contributed by atoms with van der Waals surface area (Å²) >= 11 is 5.97. The molecule has 138 valence electrons. The van der Waals surface area contributed by atoms with Crippen LogP contribution in [0.1, 0.15) is 44.4 Å². The van der Waals surface area contributed by atoms with Gasteiger partial charge < -0.3 is 14.8 Å². The zero-order valence-electron chi connectivity index (χ0n) is 15.5. The molecule has 0 aromatic heterocycles. The van der Waals surface area contributed by atoms with Gasteiger partial charge >= 0.3 is 0 Å². The zero-order chi connectivity index (χ0) is 18.9. The largest absolute Gasteiger partial charge is 0.487 e. The maximum atomic E-state index is 12.7. The summed E-state index contributed by atoms with van der Waals surface area (Å²) in [5.74, 6) is 1.23. The number of aryl methyl sites for hydroxylation is 1. The molecule has 0 radical (unpaired) electrons. The third kappa shape index (κ3) is 4.31. The van der Waals surface area contributed by atoms with Gasteiger partial charge in [0.25, 0.3) is 5.91 Å². The van der Waals surface area contributed by atoms with Gasteiger partial charge in [-0.3, -0.25) is 4.79 Å². The van der Waals surface area contributed by atoms with Gasteiger partial charge in [0, 0.05) is 17.0 Å². The predicted octanol–water partition coefficient (Wildman–Crippen LogP) is 4.83. The normalized spacial score (nSPS) is 19.0. The number of carbonyl (C=O) groups is 1. The number of ether oxygens (including phenoxy) is 2. The second-order valence-corrected chi connectivity index (χ2v) is 7.82. The molecule has 0 unspecified atom stereocenters. The van der Waals surface area contributed by atoms with Crippen molar-refractivity contribution in [3.05, 3.63) is 58.6 Å². The molecule has 1 heterocycles. The third-order valence-corrected chi connectivity index (χ3v) is 4.66. The highest BCUT2D eigenvalue weighted by Crippen LogP contribution is 2.39. The van der Waals surface area contributed by atoms with Gasteiger partial charge in [0.05, 0.1) is 6.04 Å². The minimum absolute atomic E-state index is 0.118. The molecule has 2 aromatic carbocycles. The highest BCUT2D eigenvalue weighted by molar-refractivity contribution is 6.30. The van der Waals surface area contributed by atoms with Crippen molar-refractivity contribution in [3.63, 3.8) is 0 Å². The second-order valence-electron chi connectivity index (χ2n) is 7.39. The van der Waals surface area contributed by atoms with Crippen LogP contribution in [0.2, 0.25) is 5.02 Å². The Morgan fingerprint density at radius 1 is 1.31 bits per heavy atom. The first-order valence-corrected chi connectivity index (χ1v) is 9.13. The van der Waals surface area contributed by atoms with E-state index in [9.17, 15) is 4.79 Å². The molecule has 0 fully saturated rings. The monoisotopic (exact) mass is 373 g/mol. The van der Waals surface area contributed by atoms with Gasteiger partial charge in [-0.15, -0.1) is 0 Å². The molecule has 1 aliphatic rings. The van der Waals surface area contributed by atoms with Crippen molar-refractivity contribution in [2.24, 2.45) is 0 Å². The summed E-state index contributed by atoms with van der Waals surface area (Å²) in [5, 5.41) is 3.68. The molecule has 0 aliphatic carbocycles. The number of nitrogens with one attached hydrogen (secondary N) is 1. The molecular weight excluding hydrogens is 350 g/mol. The molecule has 0 bridgehead atoms. The summed E-state index contributed by atoms with van der Waals surface area (Å²) in [4.78, 5) is 12.7. The quantitative estimate of drug-likeness (QED) is 0.834. The van der Waals surface area contributed by atoms with Crippen LogP contribution in [0.15, 0.2) is 42.5 Å². The summed E-state index contributed by atoms with van der Waals surface area (Å²) < 4.78 is 11.8. The van der Waals surface area contributed by atoms with E-state index in [1.807, 2.05) is 39.0 Å². The van der Waals surface area contributed by atoms with Crippen LogP contribution < -0.4 is 14.8 Å². The first kappa shape index (κ1) is 18.6. The Bertz CT molecular complexity index is 819. The van der Waals surface area contributed by atoms with Crippen molar-refractivity contribution in [2.45, 2.75) is 51.9 Å². The molecule has 1 N–H and O–H groups in total. The third-order valence-electron chi connectivity index (χ3n) is 4.42.